The minimum Gasteiger partial charge on any atom is -0.372 e. The summed E-state index contributed by atoms with van der Waals surface area (Å²) in [7, 11) is 0. The highest BCUT2D eigenvalue weighted by atomic mass is 16.5. The van der Waals surface area contributed by atoms with Gasteiger partial charge in [-0.1, -0.05) is 19.1 Å². The molecule has 0 aromatic carbocycles. The summed E-state index contributed by atoms with van der Waals surface area (Å²) in [5.41, 5.74) is 0.113. The molecule has 1 rings (SSSR count). The Hall–Kier alpha value is -0.340. The van der Waals surface area contributed by atoms with Gasteiger partial charge in [0.05, 0.1) is 11.7 Å². The average Bonchev–Trinajstić information content (AvgIpc) is 2.52. The van der Waals surface area contributed by atoms with Crippen LogP contribution in [0.15, 0.2) is 12.2 Å². The topological polar surface area (TPSA) is 21.3 Å². The number of hydrogen-bond acceptors (Lipinski definition) is 2. The Labute approximate surface area is 94.1 Å². The first-order valence-electron chi connectivity index (χ1n) is 6.17. The van der Waals surface area contributed by atoms with Gasteiger partial charge in [0.25, 0.3) is 0 Å². The summed E-state index contributed by atoms with van der Waals surface area (Å²) in [4.78, 5) is 0. The first-order chi connectivity index (χ1) is 7.14. The monoisotopic (exact) mass is 211 g/mol. The summed E-state index contributed by atoms with van der Waals surface area (Å²) >= 11 is 0. The van der Waals surface area contributed by atoms with Crippen molar-refractivity contribution in [3.8, 4) is 0 Å². The smallest absolute Gasteiger partial charge is 0.0631 e. The van der Waals surface area contributed by atoms with Crippen molar-refractivity contribution in [2.24, 2.45) is 0 Å². The van der Waals surface area contributed by atoms with E-state index in [4.69, 9.17) is 4.74 Å². The summed E-state index contributed by atoms with van der Waals surface area (Å²) < 4.78 is 5.91. The van der Waals surface area contributed by atoms with Crippen LogP contribution in [-0.4, -0.2) is 24.8 Å². The molecule has 1 atom stereocenters. The van der Waals surface area contributed by atoms with E-state index < -0.39 is 0 Å². The number of rotatable bonds is 6. The zero-order valence-corrected chi connectivity index (χ0v) is 10.4. The fourth-order valence-corrected chi connectivity index (χ4v) is 1.97. The fourth-order valence-electron chi connectivity index (χ4n) is 1.97. The second kappa shape index (κ2) is 6.29. The molecular weight excluding hydrogens is 186 g/mol. The predicted molar refractivity (Wildman–Crippen MR) is 65.1 cm³/mol. The number of ether oxygens (including phenoxy) is 1. The van der Waals surface area contributed by atoms with Gasteiger partial charge >= 0.3 is 0 Å². The van der Waals surface area contributed by atoms with E-state index in [0.717, 1.165) is 25.9 Å². The summed E-state index contributed by atoms with van der Waals surface area (Å²) in [5.74, 6) is 0. The molecule has 15 heavy (non-hydrogen) atoms. The zero-order chi connectivity index (χ0) is 11.1. The van der Waals surface area contributed by atoms with Gasteiger partial charge in [0.15, 0.2) is 0 Å². The molecule has 2 nitrogen and oxygen atoms in total. The van der Waals surface area contributed by atoms with Crippen molar-refractivity contribution in [1.82, 2.24) is 5.32 Å². The molecule has 1 saturated heterocycles. The van der Waals surface area contributed by atoms with Crippen LogP contribution in [-0.2, 0) is 4.74 Å². The van der Waals surface area contributed by atoms with Gasteiger partial charge in [0, 0.05) is 0 Å². The molecule has 1 heterocycles. The van der Waals surface area contributed by atoms with Crippen LogP contribution in [0.4, 0.5) is 0 Å². The van der Waals surface area contributed by atoms with Crippen molar-refractivity contribution < 1.29 is 4.74 Å². The van der Waals surface area contributed by atoms with E-state index in [0.29, 0.717) is 6.10 Å². The molecule has 1 fully saturated rings. The van der Waals surface area contributed by atoms with Crippen molar-refractivity contribution in [3.05, 3.63) is 12.2 Å². The molecule has 1 aliphatic rings. The third-order valence-electron chi connectivity index (χ3n) is 2.86. The van der Waals surface area contributed by atoms with Gasteiger partial charge < -0.3 is 10.1 Å². The Morgan fingerprint density at radius 2 is 2.20 bits per heavy atom. The van der Waals surface area contributed by atoms with Crippen LogP contribution < -0.4 is 5.32 Å². The van der Waals surface area contributed by atoms with E-state index in [1.165, 1.54) is 12.8 Å². The molecule has 0 aromatic rings. The molecule has 0 bridgehead atoms. The van der Waals surface area contributed by atoms with Crippen LogP contribution >= 0.6 is 0 Å². The van der Waals surface area contributed by atoms with Crippen LogP contribution in [0.5, 0.6) is 0 Å². The lowest BCUT2D eigenvalue weighted by Gasteiger charge is -2.18. The van der Waals surface area contributed by atoms with E-state index in [9.17, 15) is 0 Å². The van der Waals surface area contributed by atoms with Crippen molar-refractivity contribution in [2.75, 3.05) is 13.1 Å². The molecule has 2 heteroatoms. The van der Waals surface area contributed by atoms with Gasteiger partial charge in [-0.15, -0.1) is 0 Å². The van der Waals surface area contributed by atoms with Crippen LogP contribution in [0.2, 0.25) is 0 Å². The van der Waals surface area contributed by atoms with E-state index in [-0.39, 0.29) is 5.60 Å². The lowest BCUT2D eigenvalue weighted by molar-refractivity contribution is -0.0134. The molecule has 0 amide bonds. The lowest BCUT2D eigenvalue weighted by Crippen LogP contribution is -2.19. The Balaban J connectivity index is 2.05. The van der Waals surface area contributed by atoms with Gasteiger partial charge in [-0.25, -0.2) is 0 Å². The Morgan fingerprint density at radius 1 is 1.40 bits per heavy atom. The normalized spacial score (nSPS) is 25.1. The quantitative estimate of drug-likeness (QED) is 0.539. The number of hydrogen-bond donors (Lipinski definition) is 1. The highest BCUT2D eigenvalue weighted by molar-refractivity contribution is 4.89. The van der Waals surface area contributed by atoms with E-state index in [2.05, 4.69) is 38.2 Å². The molecule has 0 saturated carbocycles. The van der Waals surface area contributed by atoms with Crippen molar-refractivity contribution >= 4 is 0 Å². The highest BCUT2D eigenvalue weighted by Crippen LogP contribution is 2.30. The van der Waals surface area contributed by atoms with Crippen molar-refractivity contribution in [3.63, 3.8) is 0 Å². The zero-order valence-electron chi connectivity index (χ0n) is 10.4. The summed E-state index contributed by atoms with van der Waals surface area (Å²) in [6.45, 7) is 8.65. The molecule has 0 aliphatic carbocycles. The molecule has 1 unspecified atom stereocenters. The van der Waals surface area contributed by atoms with Gasteiger partial charge in [0.1, 0.15) is 0 Å². The first-order valence-corrected chi connectivity index (χ1v) is 6.17. The second-order valence-electron chi connectivity index (χ2n) is 4.89. The van der Waals surface area contributed by atoms with Crippen LogP contribution in [0, 0.1) is 0 Å². The van der Waals surface area contributed by atoms with Gasteiger partial charge in [-0.3, -0.25) is 0 Å². The lowest BCUT2D eigenvalue weighted by atomic mass is 10.0. The number of nitrogens with one attached hydrogen (secondary N) is 1. The average molecular weight is 211 g/mol. The highest BCUT2D eigenvalue weighted by Gasteiger charge is 2.30. The Bertz CT molecular complexity index is 199. The first kappa shape index (κ1) is 12.7. The maximum atomic E-state index is 5.91. The Morgan fingerprint density at radius 3 is 2.80 bits per heavy atom. The maximum Gasteiger partial charge on any atom is 0.0631 e. The minimum absolute atomic E-state index is 0.113. The van der Waals surface area contributed by atoms with Crippen LogP contribution in [0.1, 0.15) is 46.5 Å². The van der Waals surface area contributed by atoms with E-state index >= 15 is 0 Å². The predicted octanol–water partition coefficient (Wildman–Crippen LogP) is 2.89. The van der Waals surface area contributed by atoms with Crippen molar-refractivity contribution in [2.45, 2.75) is 58.2 Å². The molecular formula is C13H25NO. The molecule has 88 valence electrons. The van der Waals surface area contributed by atoms with Gasteiger partial charge in [-0.2, -0.15) is 0 Å². The molecule has 1 aliphatic heterocycles. The molecule has 0 spiro atoms. The summed E-state index contributed by atoms with van der Waals surface area (Å²) in [6, 6.07) is 0. The molecule has 0 radical (unpaired) electrons. The Kier molecular flexibility index (Phi) is 5.34. The third-order valence-corrected chi connectivity index (χ3v) is 2.86. The van der Waals surface area contributed by atoms with Gasteiger partial charge in [-0.05, 0) is 52.6 Å². The summed E-state index contributed by atoms with van der Waals surface area (Å²) in [5, 5.41) is 3.31. The summed E-state index contributed by atoms with van der Waals surface area (Å²) in [6.07, 6.45) is 9.60. The van der Waals surface area contributed by atoms with Crippen molar-refractivity contribution in [1.29, 1.82) is 0 Å². The van der Waals surface area contributed by atoms with Gasteiger partial charge in [0.2, 0.25) is 0 Å². The second-order valence-corrected chi connectivity index (χ2v) is 4.89. The molecule has 0 aromatic heterocycles. The third kappa shape index (κ3) is 5.33. The largest absolute Gasteiger partial charge is 0.372 e. The minimum atomic E-state index is 0.113. The maximum absolute atomic E-state index is 5.91. The molecule has 1 N–H and O–H groups in total. The SMILES string of the molecule is CCNCC/C=C/CC1CCC(C)(C)O1. The van der Waals surface area contributed by atoms with Crippen LogP contribution in [0.25, 0.3) is 0 Å². The van der Waals surface area contributed by atoms with Crippen LogP contribution in [0.3, 0.4) is 0 Å². The van der Waals surface area contributed by atoms with E-state index in [1.807, 2.05) is 0 Å². The van der Waals surface area contributed by atoms with E-state index in [1.54, 1.807) is 0 Å². The fraction of sp³-hybridized carbons (Fsp3) is 0.846. The standard InChI is InChI=1S/C13H25NO/c1-4-14-11-7-5-6-8-12-9-10-13(2,3)15-12/h5-6,12,14H,4,7-11H2,1-3H3/b6-5+.